The van der Waals surface area contributed by atoms with E-state index >= 15 is 0 Å². The normalized spacial score (nSPS) is 23.0. The van der Waals surface area contributed by atoms with E-state index in [1.807, 2.05) is 13.0 Å². The summed E-state index contributed by atoms with van der Waals surface area (Å²) in [5.41, 5.74) is 3.82. The van der Waals surface area contributed by atoms with Gasteiger partial charge in [0, 0.05) is 6.42 Å². The number of hydrogen-bond donors (Lipinski definition) is 3. The molecule has 6 heteroatoms. The van der Waals surface area contributed by atoms with Crippen LogP contribution < -0.4 is 15.5 Å². The monoisotopic (exact) mass is 356 g/mol. The van der Waals surface area contributed by atoms with Crippen molar-refractivity contribution in [1.29, 1.82) is 0 Å². The first-order chi connectivity index (χ1) is 12.6. The van der Waals surface area contributed by atoms with Gasteiger partial charge in [-0.1, -0.05) is 30.3 Å². The summed E-state index contributed by atoms with van der Waals surface area (Å²) in [6.45, 7) is 6.33. The number of amides is 2. The molecule has 2 aliphatic rings. The summed E-state index contributed by atoms with van der Waals surface area (Å²) in [6, 6.07) is 9.78. The molecule has 0 radical (unpaired) electrons. The second-order valence-corrected chi connectivity index (χ2v) is 6.66. The molecule has 0 spiro atoms. The number of benzene rings is 1. The lowest BCUT2D eigenvalue weighted by Crippen LogP contribution is -3.12. The van der Waals surface area contributed by atoms with Gasteiger partial charge in [0.15, 0.2) is 0 Å². The Morgan fingerprint density at radius 2 is 2.08 bits per heavy atom. The Bertz CT molecular complexity index is 740. The van der Waals surface area contributed by atoms with Crippen molar-refractivity contribution in [3.63, 3.8) is 0 Å². The van der Waals surface area contributed by atoms with Gasteiger partial charge in [-0.15, -0.1) is 0 Å². The zero-order valence-electron chi connectivity index (χ0n) is 15.3. The van der Waals surface area contributed by atoms with Crippen molar-refractivity contribution in [2.24, 2.45) is 0 Å². The molecule has 0 fully saturated rings. The highest BCUT2D eigenvalue weighted by atomic mass is 16.5. The van der Waals surface area contributed by atoms with E-state index in [1.165, 1.54) is 16.0 Å². The minimum Gasteiger partial charge on any atom is -0.463 e. The Balaban J connectivity index is 1.74. The highest BCUT2D eigenvalue weighted by Crippen LogP contribution is 2.18. The maximum absolute atomic E-state index is 12.3. The van der Waals surface area contributed by atoms with Gasteiger partial charge in [-0.3, -0.25) is 0 Å². The largest absolute Gasteiger partial charge is 0.463 e. The van der Waals surface area contributed by atoms with Crippen LogP contribution >= 0.6 is 0 Å². The van der Waals surface area contributed by atoms with Crippen molar-refractivity contribution in [3.8, 4) is 0 Å². The number of rotatable bonds is 5. The van der Waals surface area contributed by atoms with E-state index in [9.17, 15) is 9.59 Å². The average Bonchev–Trinajstić information content (AvgIpc) is 2.63. The number of urea groups is 1. The molecule has 6 nitrogen and oxygen atoms in total. The van der Waals surface area contributed by atoms with Crippen LogP contribution in [0.2, 0.25) is 0 Å². The fraction of sp³-hybridized carbons (Fsp3) is 0.400. The second-order valence-electron chi connectivity index (χ2n) is 6.66. The van der Waals surface area contributed by atoms with Crippen molar-refractivity contribution in [2.75, 3.05) is 26.2 Å². The molecule has 0 saturated heterocycles. The Hall–Kier alpha value is -2.60. The third kappa shape index (κ3) is 4.14. The predicted molar refractivity (Wildman–Crippen MR) is 99.4 cm³/mol. The topological polar surface area (TPSA) is 71.9 Å². The van der Waals surface area contributed by atoms with Crippen LogP contribution in [0.1, 0.15) is 25.8 Å². The summed E-state index contributed by atoms with van der Waals surface area (Å²) in [7, 11) is 0. The van der Waals surface area contributed by atoms with Gasteiger partial charge in [-0.2, -0.15) is 0 Å². The van der Waals surface area contributed by atoms with Crippen LogP contribution in [0.25, 0.3) is 5.57 Å². The molecule has 26 heavy (non-hydrogen) atoms. The van der Waals surface area contributed by atoms with E-state index in [0.717, 1.165) is 19.5 Å². The van der Waals surface area contributed by atoms with Crippen LogP contribution in [0.15, 0.2) is 47.7 Å². The number of carbonyl (C=O) groups is 2. The first-order valence-electron chi connectivity index (χ1n) is 9.14. The molecule has 2 atom stereocenters. The van der Waals surface area contributed by atoms with E-state index < -0.39 is 0 Å². The third-order valence-corrected chi connectivity index (χ3v) is 4.82. The molecule has 138 valence electrons. The summed E-state index contributed by atoms with van der Waals surface area (Å²) in [6.07, 6.45) is 3.23. The van der Waals surface area contributed by atoms with Crippen LogP contribution in [-0.2, 0) is 9.53 Å². The van der Waals surface area contributed by atoms with Gasteiger partial charge in [0.1, 0.15) is 6.54 Å². The van der Waals surface area contributed by atoms with Crippen LogP contribution in [0, 0.1) is 0 Å². The summed E-state index contributed by atoms with van der Waals surface area (Å²) in [4.78, 5) is 25.5. The Morgan fingerprint density at radius 1 is 1.31 bits per heavy atom. The molecule has 0 aromatic heterocycles. The van der Waals surface area contributed by atoms with Gasteiger partial charge in [0.25, 0.3) is 0 Å². The van der Waals surface area contributed by atoms with Crippen molar-refractivity contribution in [1.82, 2.24) is 10.6 Å². The minimum atomic E-state index is -0.362. The molecule has 2 aliphatic heterocycles. The van der Waals surface area contributed by atoms with Gasteiger partial charge in [-0.25, -0.2) is 9.59 Å². The van der Waals surface area contributed by atoms with E-state index in [2.05, 4.69) is 41.0 Å². The van der Waals surface area contributed by atoms with E-state index in [-0.39, 0.29) is 18.0 Å². The summed E-state index contributed by atoms with van der Waals surface area (Å²) in [5, 5.41) is 5.55. The molecular weight excluding hydrogens is 330 g/mol. The number of esters is 1. The van der Waals surface area contributed by atoms with Gasteiger partial charge >= 0.3 is 12.0 Å². The lowest BCUT2D eigenvalue weighted by Gasteiger charge is -2.30. The molecule has 1 unspecified atom stereocenters. The molecule has 1 aromatic carbocycles. The highest BCUT2D eigenvalue weighted by molar-refractivity contribution is 5.94. The number of quaternary nitrogens is 1. The van der Waals surface area contributed by atoms with Crippen molar-refractivity contribution >= 4 is 17.6 Å². The first kappa shape index (κ1) is 18.2. The average molecular weight is 356 g/mol. The van der Waals surface area contributed by atoms with Crippen molar-refractivity contribution in [2.45, 2.75) is 26.3 Å². The maximum atomic E-state index is 12.3. The molecule has 2 heterocycles. The highest BCUT2D eigenvalue weighted by Gasteiger charge is 2.32. The Labute approximate surface area is 153 Å². The maximum Gasteiger partial charge on any atom is 0.338 e. The van der Waals surface area contributed by atoms with E-state index in [4.69, 9.17) is 4.74 Å². The van der Waals surface area contributed by atoms with Gasteiger partial charge < -0.3 is 20.3 Å². The lowest BCUT2D eigenvalue weighted by atomic mass is 9.99. The fourth-order valence-electron chi connectivity index (χ4n) is 3.53. The number of hydrogen-bond acceptors (Lipinski definition) is 3. The molecule has 0 aliphatic carbocycles. The minimum absolute atomic E-state index is 0.266. The lowest BCUT2D eigenvalue weighted by molar-refractivity contribution is -0.890. The molecule has 3 rings (SSSR count). The summed E-state index contributed by atoms with van der Waals surface area (Å²) < 4.78 is 5.17. The zero-order valence-corrected chi connectivity index (χ0v) is 15.3. The summed E-state index contributed by atoms with van der Waals surface area (Å²) in [5.74, 6) is -0.362. The van der Waals surface area contributed by atoms with Gasteiger partial charge in [-0.05, 0) is 31.1 Å². The standard InChI is InChI=1S/C20H25N3O3/c1-3-26-19(24)18-14(2)21-20(25)22-17(18)13-23-11-9-16(10-12-23)15-7-5-4-6-8-15/h4-9,14H,3,10-13H2,1-2H3,(H2,21,22,25)/p+1/t14-/m1/s1. The zero-order chi connectivity index (χ0) is 18.5. The number of ether oxygens (including phenoxy) is 1. The van der Waals surface area contributed by atoms with E-state index in [1.54, 1.807) is 6.92 Å². The Kier molecular flexibility index (Phi) is 5.73. The fourth-order valence-corrected chi connectivity index (χ4v) is 3.53. The number of carbonyl (C=O) groups excluding carboxylic acids is 2. The molecule has 1 aromatic rings. The molecule has 3 N–H and O–H groups in total. The molecular formula is C20H26N3O3+. The second kappa shape index (κ2) is 8.19. The molecule has 0 bridgehead atoms. The van der Waals surface area contributed by atoms with Crippen LogP contribution in [0.3, 0.4) is 0 Å². The van der Waals surface area contributed by atoms with Crippen LogP contribution in [0.5, 0.6) is 0 Å². The third-order valence-electron chi connectivity index (χ3n) is 4.82. The van der Waals surface area contributed by atoms with Crippen LogP contribution in [0.4, 0.5) is 4.79 Å². The van der Waals surface area contributed by atoms with Gasteiger partial charge in [0.2, 0.25) is 0 Å². The van der Waals surface area contributed by atoms with Gasteiger partial charge in [0.05, 0.1) is 37.0 Å². The smallest absolute Gasteiger partial charge is 0.338 e. The van der Waals surface area contributed by atoms with E-state index in [0.29, 0.717) is 24.4 Å². The first-order valence-corrected chi connectivity index (χ1v) is 9.14. The molecule has 2 amide bonds. The number of nitrogens with one attached hydrogen (secondary N) is 3. The van der Waals surface area contributed by atoms with Crippen LogP contribution in [-0.4, -0.2) is 44.3 Å². The SMILES string of the molecule is CCOC(=O)C1=C(C[NH+]2CC=C(c3ccccc3)CC2)NC(=O)N[C@@H]1C. The predicted octanol–water partition coefficient (Wildman–Crippen LogP) is 0.877. The Morgan fingerprint density at radius 3 is 2.73 bits per heavy atom. The van der Waals surface area contributed by atoms with Crippen molar-refractivity contribution in [3.05, 3.63) is 53.2 Å². The molecule has 0 saturated carbocycles. The quantitative estimate of drug-likeness (QED) is 0.686. The van der Waals surface area contributed by atoms with Crippen molar-refractivity contribution < 1.29 is 19.2 Å². The summed E-state index contributed by atoms with van der Waals surface area (Å²) >= 11 is 0.